The van der Waals surface area contributed by atoms with Crippen molar-refractivity contribution in [1.29, 1.82) is 0 Å². The van der Waals surface area contributed by atoms with Gasteiger partial charge in [-0.15, -0.1) is 11.3 Å². The fourth-order valence-electron chi connectivity index (χ4n) is 1.33. The molecule has 0 fully saturated rings. The molecular weight excluding hydrogens is 277 g/mol. The zero-order chi connectivity index (χ0) is 13.2. The predicted molar refractivity (Wildman–Crippen MR) is 67.5 cm³/mol. The Hall–Kier alpha value is -1.44. The van der Waals surface area contributed by atoms with Crippen LogP contribution in [0.5, 0.6) is 0 Å². The molecule has 0 saturated heterocycles. The Kier molecular flexibility index (Phi) is 3.65. The zero-order valence-corrected chi connectivity index (χ0v) is 10.8. The van der Waals surface area contributed by atoms with Gasteiger partial charge in [-0.1, -0.05) is 12.1 Å². The monoisotopic (exact) mass is 287 g/mol. The highest BCUT2D eigenvalue weighted by Crippen LogP contribution is 2.24. The lowest BCUT2D eigenvalue weighted by Gasteiger charge is -2.06. The number of anilines is 1. The Labute approximate surface area is 108 Å². The number of hydrogen-bond donors (Lipinski definition) is 2. The van der Waals surface area contributed by atoms with E-state index in [4.69, 9.17) is 5.11 Å². The Balaban J connectivity index is 2.30. The number of aliphatic hydroxyl groups excluding tert-OH is 1. The van der Waals surface area contributed by atoms with Crippen LogP contribution in [0.3, 0.4) is 0 Å². The number of rotatable bonds is 4. The maximum atomic E-state index is 13.3. The third-order valence-corrected chi connectivity index (χ3v) is 5.10. The molecule has 0 unspecified atom stereocenters. The summed E-state index contributed by atoms with van der Waals surface area (Å²) in [7, 11) is -3.81. The minimum Gasteiger partial charge on any atom is -0.391 e. The lowest BCUT2D eigenvalue weighted by atomic mass is 10.3. The molecule has 18 heavy (non-hydrogen) atoms. The molecule has 0 atom stereocenters. The van der Waals surface area contributed by atoms with Crippen LogP contribution < -0.4 is 4.72 Å². The number of thiophene rings is 1. The summed E-state index contributed by atoms with van der Waals surface area (Å²) in [6, 6.07) is 8.41. The van der Waals surface area contributed by atoms with Crippen molar-refractivity contribution in [2.24, 2.45) is 0 Å². The SMILES string of the molecule is O=S(=O)(Nc1ccccc1F)c1ccc(CO)s1. The fourth-order valence-corrected chi connectivity index (χ4v) is 3.61. The first-order valence-corrected chi connectivity index (χ1v) is 7.30. The van der Waals surface area contributed by atoms with Crippen LogP contribution >= 0.6 is 11.3 Å². The van der Waals surface area contributed by atoms with E-state index in [0.717, 1.165) is 11.3 Å². The maximum Gasteiger partial charge on any atom is 0.271 e. The Morgan fingerprint density at radius 3 is 2.56 bits per heavy atom. The molecule has 1 heterocycles. The van der Waals surface area contributed by atoms with Crippen molar-refractivity contribution >= 4 is 27.0 Å². The quantitative estimate of drug-likeness (QED) is 0.905. The van der Waals surface area contributed by atoms with Gasteiger partial charge >= 0.3 is 0 Å². The van der Waals surface area contributed by atoms with E-state index >= 15 is 0 Å². The molecule has 1 aromatic heterocycles. The van der Waals surface area contributed by atoms with Gasteiger partial charge in [0.25, 0.3) is 10.0 Å². The van der Waals surface area contributed by atoms with Crippen molar-refractivity contribution in [3.63, 3.8) is 0 Å². The van der Waals surface area contributed by atoms with Crippen molar-refractivity contribution in [1.82, 2.24) is 0 Å². The van der Waals surface area contributed by atoms with Gasteiger partial charge in [-0.05, 0) is 24.3 Å². The second-order valence-corrected chi connectivity index (χ2v) is 6.54. The molecule has 2 N–H and O–H groups in total. The van der Waals surface area contributed by atoms with Crippen LogP contribution in [-0.2, 0) is 16.6 Å². The first-order valence-electron chi connectivity index (χ1n) is 5.00. The van der Waals surface area contributed by atoms with Gasteiger partial charge in [-0.25, -0.2) is 12.8 Å². The molecule has 0 radical (unpaired) electrons. The third kappa shape index (κ3) is 2.69. The van der Waals surface area contributed by atoms with E-state index in [0.29, 0.717) is 4.88 Å². The number of nitrogens with one attached hydrogen (secondary N) is 1. The number of sulfonamides is 1. The van der Waals surface area contributed by atoms with Gasteiger partial charge in [-0.3, -0.25) is 4.72 Å². The molecule has 0 amide bonds. The van der Waals surface area contributed by atoms with E-state index in [1.165, 1.54) is 36.4 Å². The Morgan fingerprint density at radius 2 is 1.94 bits per heavy atom. The van der Waals surface area contributed by atoms with Crippen LogP contribution in [0.1, 0.15) is 4.88 Å². The molecule has 0 bridgehead atoms. The van der Waals surface area contributed by atoms with Gasteiger partial charge in [0.15, 0.2) is 0 Å². The second-order valence-electron chi connectivity index (χ2n) is 3.46. The summed E-state index contributed by atoms with van der Waals surface area (Å²) in [5.74, 6) is -0.639. The van der Waals surface area contributed by atoms with Crippen molar-refractivity contribution in [2.75, 3.05) is 4.72 Å². The topological polar surface area (TPSA) is 66.4 Å². The summed E-state index contributed by atoms with van der Waals surface area (Å²) in [6.07, 6.45) is 0. The van der Waals surface area contributed by atoms with Crippen molar-refractivity contribution in [3.05, 3.63) is 47.1 Å². The van der Waals surface area contributed by atoms with Crippen molar-refractivity contribution in [2.45, 2.75) is 10.8 Å². The van der Waals surface area contributed by atoms with Crippen LogP contribution in [-0.4, -0.2) is 13.5 Å². The molecule has 7 heteroatoms. The first-order chi connectivity index (χ1) is 8.53. The summed E-state index contributed by atoms with van der Waals surface area (Å²) in [4.78, 5) is 0.531. The number of benzene rings is 1. The molecule has 1 aromatic carbocycles. The molecule has 4 nitrogen and oxygen atoms in total. The fraction of sp³-hybridized carbons (Fsp3) is 0.0909. The van der Waals surface area contributed by atoms with Crippen LogP contribution in [0.15, 0.2) is 40.6 Å². The van der Waals surface area contributed by atoms with Crippen LogP contribution in [0.4, 0.5) is 10.1 Å². The minimum absolute atomic E-state index is 0.0369. The molecule has 96 valence electrons. The van der Waals surface area contributed by atoms with E-state index in [1.807, 2.05) is 0 Å². The molecule has 2 rings (SSSR count). The van der Waals surface area contributed by atoms with Crippen LogP contribution in [0.25, 0.3) is 0 Å². The Bertz CT molecular complexity index is 652. The lowest BCUT2D eigenvalue weighted by Crippen LogP contribution is -2.12. The maximum absolute atomic E-state index is 13.3. The molecular formula is C11H10FNO3S2. The highest BCUT2D eigenvalue weighted by atomic mass is 32.2. The molecule has 0 aliphatic heterocycles. The van der Waals surface area contributed by atoms with Crippen molar-refractivity contribution < 1.29 is 17.9 Å². The van der Waals surface area contributed by atoms with Gasteiger partial charge in [0.2, 0.25) is 0 Å². The van der Waals surface area contributed by atoms with Gasteiger partial charge in [0.05, 0.1) is 12.3 Å². The molecule has 2 aromatic rings. The average molecular weight is 287 g/mol. The number of para-hydroxylation sites is 1. The average Bonchev–Trinajstić information content (AvgIpc) is 2.81. The van der Waals surface area contributed by atoms with Crippen LogP contribution in [0.2, 0.25) is 0 Å². The summed E-state index contributed by atoms with van der Waals surface area (Å²) in [5, 5.41) is 8.89. The number of halogens is 1. The normalized spacial score (nSPS) is 11.4. The third-order valence-electron chi connectivity index (χ3n) is 2.18. The van der Waals surface area contributed by atoms with E-state index in [-0.39, 0.29) is 16.5 Å². The van der Waals surface area contributed by atoms with E-state index < -0.39 is 15.8 Å². The first kappa shape index (κ1) is 13.0. The summed E-state index contributed by atoms with van der Waals surface area (Å²) in [5.41, 5.74) is -0.101. The van der Waals surface area contributed by atoms with Crippen molar-refractivity contribution in [3.8, 4) is 0 Å². The highest BCUT2D eigenvalue weighted by molar-refractivity contribution is 7.94. The molecule has 0 aliphatic rings. The molecule has 0 spiro atoms. The molecule has 0 aliphatic carbocycles. The standard InChI is InChI=1S/C11H10FNO3S2/c12-9-3-1-2-4-10(9)13-18(15,16)11-6-5-8(7-14)17-11/h1-6,13-14H,7H2. The highest BCUT2D eigenvalue weighted by Gasteiger charge is 2.18. The summed E-state index contributed by atoms with van der Waals surface area (Å²) >= 11 is 0.942. The number of aliphatic hydroxyl groups is 1. The summed E-state index contributed by atoms with van der Waals surface area (Å²) < 4.78 is 39.4. The zero-order valence-electron chi connectivity index (χ0n) is 9.13. The van der Waals surface area contributed by atoms with Crippen LogP contribution in [0, 0.1) is 5.82 Å². The number of hydrogen-bond acceptors (Lipinski definition) is 4. The summed E-state index contributed by atoms with van der Waals surface area (Å²) in [6.45, 7) is -0.222. The lowest BCUT2D eigenvalue weighted by molar-refractivity contribution is 0.285. The van der Waals surface area contributed by atoms with Gasteiger partial charge in [0, 0.05) is 4.88 Å². The smallest absolute Gasteiger partial charge is 0.271 e. The van der Waals surface area contributed by atoms with Gasteiger partial charge in [0.1, 0.15) is 10.0 Å². The Morgan fingerprint density at radius 1 is 1.22 bits per heavy atom. The molecule has 0 saturated carbocycles. The predicted octanol–water partition coefficient (Wildman–Crippen LogP) is 2.18. The van der Waals surface area contributed by atoms with Gasteiger partial charge in [-0.2, -0.15) is 0 Å². The second kappa shape index (κ2) is 5.05. The van der Waals surface area contributed by atoms with E-state index in [9.17, 15) is 12.8 Å². The van der Waals surface area contributed by atoms with Gasteiger partial charge < -0.3 is 5.11 Å². The largest absolute Gasteiger partial charge is 0.391 e. The minimum atomic E-state index is -3.81. The van der Waals surface area contributed by atoms with E-state index in [1.54, 1.807) is 0 Å². The van der Waals surface area contributed by atoms with E-state index in [2.05, 4.69) is 4.72 Å².